The fraction of sp³-hybridized carbons (Fsp3) is 0.538. The van der Waals surface area contributed by atoms with E-state index in [4.69, 9.17) is 4.74 Å². The lowest BCUT2D eigenvalue weighted by molar-refractivity contribution is 0.317. The lowest BCUT2D eigenvalue weighted by Crippen LogP contribution is -2.30. The minimum atomic E-state index is -3.23. The van der Waals surface area contributed by atoms with Gasteiger partial charge in [-0.3, -0.25) is 0 Å². The third-order valence-corrected chi connectivity index (χ3v) is 3.78. The van der Waals surface area contributed by atoms with Crippen LogP contribution >= 0.6 is 0 Å². The lowest BCUT2D eigenvalue weighted by Gasteiger charge is -2.09. The molecule has 0 aliphatic heterocycles. The summed E-state index contributed by atoms with van der Waals surface area (Å²) < 4.78 is 43.6. The van der Waals surface area contributed by atoms with E-state index in [9.17, 15) is 12.8 Å². The van der Waals surface area contributed by atoms with E-state index in [1.807, 2.05) is 13.8 Å². The molecule has 1 aromatic rings. The zero-order chi connectivity index (χ0) is 14.3. The van der Waals surface area contributed by atoms with Crippen LogP contribution in [0.5, 0.6) is 5.75 Å². The molecule has 0 fully saturated rings. The van der Waals surface area contributed by atoms with Crippen molar-refractivity contribution in [2.75, 3.05) is 18.9 Å². The van der Waals surface area contributed by atoms with Gasteiger partial charge in [0.1, 0.15) is 11.6 Å². The highest BCUT2D eigenvalue weighted by molar-refractivity contribution is 7.89. The van der Waals surface area contributed by atoms with E-state index < -0.39 is 10.0 Å². The molecule has 0 heterocycles. The number of rotatable bonds is 8. The van der Waals surface area contributed by atoms with Crippen LogP contribution in [0.4, 0.5) is 4.39 Å². The van der Waals surface area contributed by atoms with E-state index in [1.54, 1.807) is 0 Å². The molecule has 6 heteroatoms. The smallest absolute Gasteiger partial charge is 0.211 e. The summed E-state index contributed by atoms with van der Waals surface area (Å²) in [5.41, 5.74) is 0. The summed E-state index contributed by atoms with van der Waals surface area (Å²) in [6, 6.07) is 5.63. The highest BCUT2D eigenvalue weighted by Crippen LogP contribution is 2.11. The third-order valence-electron chi connectivity index (χ3n) is 2.35. The Morgan fingerprint density at radius 3 is 2.47 bits per heavy atom. The van der Waals surface area contributed by atoms with Gasteiger partial charge in [0.25, 0.3) is 0 Å². The minimum absolute atomic E-state index is 0.0287. The average molecular weight is 289 g/mol. The maximum Gasteiger partial charge on any atom is 0.211 e. The fourth-order valence-electron chi connectivity index (χ4n) is 1.34. The second kappa shape index (κ2) is 7.45. The molecule has 0 bridgehead atoms. The van der Waals surface area contributed by atoms with Crippen molar-refractivity contribution < 1.29 is 17.5 Å². The van der Waals surface area contributed by atoms with Gasteiger partial charge in [0.2, 0.25) is 10.0 Å². The summed E-state index contributed by atoms with van der Waals surface area (Å²) in [7, 11) is -3.23. The maximum absolute atomic E-state index is 12.6. The van der Waals surface area contributed by atoms with Crippen molar-refractivity contribution in [2.24, 2.45) is 5.92 Å². The van der Waals surface area contributed by atoms with E-state index in [-0.39, 0.29) is 24.1 Å². The van der Waals surface area contributed by atoms with E-state index >= 15 is 0 Å². The van der Waals surface area contributed by atoms with Crippen molar-refractivity contribution in [3.05, 3.63) is 30.1 Å². The van der Waals surface area contributed by atoms with E-state index in [2.05, 4.69) is 4.72 Å². The van der Waals surface area contributed by atoms with Crippen LogP contribution in [0.25, 0.3) is 0 Å². The van der Waals surface area contributed by atoms with E-state index in [0.717, 1.165) is 0 Å². The zero-order valence-corrected chi connectivity index (χ0v) is 12.0. The molecule has 0 aliphatic carbocycles. The van der Waals surface area contributed by atoms with Gasteiger partial charge in [-0.05, 0) is 36.6 Å². The molecule has 0 aromatic heterocycles. The van der Waals surface area contributed by atoms with Crippen molar-refractivity contribution in [1.82, 2.24) is 4.72 Å². The van der Waals surface area contributed by atoms with E-state index in [0.29, 0.717) is 18.7 Å². The van der Waals surface area contributed by atoms with Crippen LogP contribution < -0.4 is 9.46 Å². The molecule has 0 radical (unpaired) electrons. The van der Waals surface area contributed by atoms with Gasteiger partial charge in [-0.2, -0.15) is 0 Å². The summed E-state index contributed by atoms with van der Waals surface area (Å²) in [6.45, 7) is 4.62. The molecule has 19 heavy (non-hydrogen) atoms. The summed E-state index contributed by atoms with van der Waals surface area (Å²) in [5, 5.41) is 0. The molecule has 1 aromatic carbocycles. The van der Waals surface area contributed by atoms with Crippen LogP contribution in [0.2, 0.25) is 0 Å². The van der Waals surface area contributed by atoms with Crippen LogP contribution in [0.3, 0.4) is 0 Å². The molecule has 4 nitrogen and oxygen atoms in total. The van der Waals surface area contributed by atoms with Gasteiger partial charge < -0.3 is 4.74 Å². The summed E-state index contributed by atoms with van der Waals surface area (Å²) in [6.07, 6.45) is 0.394. The second-order valence-corrected chi connectivity index (χ2v) is 6.64. The Labute approximate surface area is 114 Å². The summed E-state index contributed by atoms with van der Waals surface area (Å²) in [5.74, 6) is 0.521. The minimum Gasteiger partial charge on any atom is -0.494 e. The quantitative estimate of drug-likeness (QED) is 0.746. The van der Waals surface area contributed by atoms with Gasteiger partial charge in [-0.15, -0.1) is 0 Å². The molecule has 0 amide bonds. The predicted molar refractivity (Wildman–Crippen MR) is 73.1 cm³/mol. The van der Waals surface area contributed by atoms with Crippen LogP contribution in [-0.2, 0) is 10.0 Å². The van der Waals surface area contributed by atoms with Crippen LogP contribution in [0, 0.1) is 11.7 Å². The fourth-order valence-corrected chi connectivity index (χ4v) is 2.57. The van der Waals surface area contributed by atoms with Gasteiger partial charge in [-0.25, -0.2) is 17.5 Å². The Morgan fingerprint density at radius 2 is 1.89 bits per heavy atom. The van der Waals surface area contributed by atoms with Crippen molar-refractivity contribution >= 4 is 10.0 Å². The lowest BCUT2D eigenvalue weighted by atomic mass is 10.2. The number of benzene rings is 1. The highest BCUT2D eigenvalue weighted by Gasteiger charge is 2.10. The van der Waals surface area contributed by atoms with Gasteiger partial charge >= 0.3 is 0 Å². The van der Waals surface area contributed by atoms with Gasteiger partial charge in [0.05, 0.1) is 12.4 Å². The molecular weight excluding hydrogens is 269 g/mol. The van der Waals surface area contributed by atoms with Crippen LogP contribution in [0.15, 0.2) is 24.3 Å². The van der Waals surface area contributed by atoms with Crippen molar-refractivity contribution in [2.45, 2.75) is 20.3 Å². The molecule has 0 spiro atoms. The monoisotopic (exact) mass is 289 g/mol. The maximum atomic E-state index is 12.6. The van der Waals surface area contributed by atoms with Gasteiger partial charge in [0, 0.05) is 6.54 Å². The van der Waals surface area contributed by atoms with Crippen molar-refractivity contribution in [3.63, 3.8) is 0 Å². The number of hydrogen-bond acceptors (Lipinski definition) is 3. The Bertz CT molecular complexity index is 471. The molecule has 0 saturated heterocycles. The first-order valence-electron chi connectivity index (χ1n) is 6.25. The molecular formula is C13H20FNO3S. The topological polar surface area (TPSA) is 55.4 Å². The molecule has 0 saturated carbocycles. The average Bonchev–Trinajstić information content (AvgIpc) is 2.35. The first-order valence-corrected chi connectivity index (χ1v) is 7.90. The molecule has 1 rings (SSSR count). The molecule has 108 valence electrons. The summed E-state index contributed by atoms with van der Waals surface area (Å²) >= 11 is 0. The molecule has 1 N–H and O–H groups in total. The van der Waals surface area contributed by atoms with Gasteiger partial charge in [0.15, 0.2) is 0 Å². The highest BCUT2D eigenvalue weighted by atomic mass is 32.2. The number of halogens is 1. The first-order chi connectivity index (χ1) is 8.89. The Morgan fingerprint density at radius 1 is 1.26 bits per heavy atom. The Balaban J connectivity index is 2.25. The second-order valence-electron chi connectivity index (χ2n) is 4.72. The third kappa shape index (κ3) is 7.12. The first kappa shape index (κ1) is 15.9. The zero-order valence-electron chi connectivity index (χ0n) is 11.2. The van der Waals surface area contributed by atoms with Crippen molar-refractivity contribution in [1.29, 1.82) is 0 Å². The van der Waals surface area contributed by atoms with Crippen molar-refractivity contribution in [3.8, 4) is 5.75 Å². The normalized spacial score (nSPS) is 11.8. The molecule has 0 aliphatic rings. The number of ether oxygens (including phenoxy) is 1. The van der Waals surface area contributed by atoms with Crippen LogP contribution in [0.1, 0.15) is 20.3 Å². The largest absolute Gasteiger partial charge is 0.494 e. The SMILES string of the molecule is CC(C)CNS(=O)(=O)CCCOc1ccc(F)cc1. The van der Waals surface area contributed by atoms with Gasteiger partial charge in [-0.1, -0.05) is 13.8 Å². The van der Waals surface area contributed by atoms with Crippen LogP contribution in [-0.4, -0.2) is 27.3 Å². The Hall–Kier alpha value is -1.14. The Kier molecular flexibility index (Phi) is 6.24. The molecule has 0 unspecified atom stereocenters. The standard InChI is InChI=1S/C13H20FNO3S/c1-11(2)10-15-19(16,17)9-3-8-18-13-6-4-12(14)5-7-13/h4-7,11,15H,3,8-10H2,1-2H3. The van der Waals surface area contributed by atoms with E-state index in [1.165, 1.54) is 24.3 Å². The predicted octanol–water partition coefficient (Wildman–Crippen LogP) is 2.17. The molecule has 0 atom stereocenters. The number of sulfonamides is 1. The number of nitrogens with one attached hydrogen (secondary N) is 1. The number of hydrogen-bond donors (Lipinski definition) is 1. The summed E-state index contributed by atoms with van der Waals surface area (Å²) in [4.78, 5) is 0.